The highest BCUT2D eigenvalue weighted by Crippen LogP contribution is 2.11. The Kier molecular flexibility index (Phi) is 3.58. The summed E-state index contributed by atoms with van der Waals surface area (Å²) < 4.78 is 12.8. The van der Waals surface area contributed by atoms with E-state index in [1.54, 1.807) is 17.5 Å². The van der Waals surface area contributed by atoms with Gasteiger partial charge in [-0.3, -0.25) is 4.98 Å². The zero-order valence-electron chi connectivity index (χ0n) is 8.90. The highest BCUT2D eigenvalue weighted by Gasteiger charge is 1.99. The topological polar surface area (TPSA) is 37.8 Å². The second kappa shape index (κ2) is 5.14. The molecule has 5 heteroatoms. The number of rotatable bonds is 4. The largest absolute Gasteiger partial charge is 0.308 e. The van der Waals surface area contributed by atoms with E-state index in [0.717, 1.165) is 17.1 Å². The van der Waals surface area contributed by atoms with Gasteiger partial charge in [0.05, 0.1) is 11.2 Å². The van der Waals surface area contributed by atoms with E-state index in [1.807, 2.05) is 13.1 Å². The molecule has 0 aliphatic heterocycles. The Balaban J connectivity index is 1.84. The van der Waals surface area contributed by atoms with E-state index in [1.165, 1.54) is 17.1 Å². The number of nitrogens with one attached hydrogen (secondary N) is 1. The maximum absolute atomic E-state index is 12.8. The molecule has 84 valence electrons. The molecular formula is C11H12FN3S. The van der Waals surface area contributed by atoms with Crippen LogP contribution < -0.4 is 5.32 Å². The molecule has 3 nitrogen and oxygen atoms in total. The molecule has 0 fully saturated rings. The molecule has 0 amide bonds. The summed E-state index contributed by atoms with van der Waals surface area (Å²) in [6.07, 6.45) is 4.72. The van der Waals surface area contributed by atoms with E-state index < -0.39 is 0 Å². The Bertz CT molecular complexity index is 470. The SMILES string of the molecule is Cc1ncc(CNCc2cncc(F)c2)s1. The van der Waals surface area contributed by atoms with Crippen LogP contribution >= 0.6 is 11.3 Å². The van der Waals surface area contributed by atoms with Gasteiger partial charge < -0.3 is 5.32 Å². The Labute approximate surface area is 97.4 Å². The molecular weight excluding hydrogens is 225 g/mol. The molecule has 0 atom stereocenters. The first-order valence-corrected chi connectivity index (χ1v) is 5.77. The third kappa shape index (κ3) is 3.08. The number of aromatic nitrogens is 2. The molecule has 2 rings (SSSR count). The Hall–Kier alpha value is -1.33. The normalized spacial score (nSPS) is 10.6. The molecule has 0 bridgehead atoms. The van der Waals surface area contributed by atoms with Gasteiger partial charge in [-0.2, -0.15) is 0 Å². The number of halogens is 1. The van der Waals surface area contributed by atoms with E-state index in [-0.39, 0.29) is 5.82 Å². The van der Waals surface area contributed by atoms with Crippen LogP contribution in [0.25, 0.3) is 0 Å². The summed E-state index contributed by atoms with van der Waals surface area (Å²) in [7, 11) is 0. The van der Waals surface area contributed by atoms with Gasteiger partial charge in [-0.25, -0.2) is 9.37 Å². The van der Waals surface area contributed by atoms with Crippen LogP contribution in [-0.4, -0.2) is 9.97 Å². The summed E-state index contributed by atoms with van der Waals surface area (Å²) >= 11 is 1.66. The zero-order valence-corrected chi connectivity index (χ0v) is 9.72. The van der Waals surface area contributed by atoms with Crippen LogP contribution in [0, 0.1) is 12.7 Å². The molecule has 1 N–H and O–H groups in total. The maximum atomic E-state index is 12.8. The fourth-order valence-electron chi connectivity index (χ4n) is 1.37. The minimum atomic E-state index is -0.298. The lowest BCUT2D eigenvalue weighted by Gasteiger charge is -2.02. The first kappa shape index (κ1) is 11.2. The molecule has 0 radical (unpaired) electrons. The molecule has 2 aromatic heterocycles. The van der Waals surface area contributed by atoms with E-state index >= 15 is 0 Å². The van der Waals surface area contributed by atoms with Crippen molar-refractivity contribution < 1.29 is 4.39 Å². The molecule has 0 spiro atoms. The second-order valence-corrected chi connectivity index (χ2v) is 4.78. The zero-order chi connectivity index (χ0) is 11.4. The smallest absolute Gasteiger partial charge is 0.141 e. The summed E-state index contributed by atoms with van der Waals surface area (Å²) in [6, 6.07) is 1.48. The van der Waals surface area contributed by atoms with Crippen molar-refractivity contribution in [3.63, 3.8) is 0 Å². The standard InChI is InChI=1S/C11H12FN3S/c1-8-15-7-11(16-8)6-14-4-9-2-10(12)5-13-3-9/h2-3,5,7,14H,4,6H2,1H3. The third-order valence-electron chi connectivity index (χ3n) is 2.06. The Morgan fingerprint density at radius 2 is 2.19 bits per heavy atom. The molecule has 16 heavy (non-hydrogen) atoms. The van der Waals surface area contributed by atoms with Gasteiger partial charge in [-0.15, -0.1) is 11.3 Å². The summed E-state index contributed by atoms with van der Waals surface area (Å²) in [5.41, 5.74) is 0.848. The van der Waals surface area contributed by atoms with Crippen LogP contribution in [0.3, 0.4) is 0 Å². The minimum Gasteiger partial charge on any atom is -0.308 e. The third-order valence-corrected chi connectivity index (χ3v) is 2.97. The van der Waals surface area contributed by atoms with Crippen molar-refractivity contribution >= 4 is 11.3 Å². The van der Waals surface area contributed by atoms with Crippen LogP contribution in [0.2, 0.25) is 0 Å². The number of aryl methyl sites for hydroxylation is 1. The maximum Gasteiger partial charge on any atom is 0.141 e. The van der Waals surface area contributed by atoms with Gasteiger partial charge >= 0.3 is 0 Å². The van der Waals surface area contributed by atoms with Crippen molar-refractivity contribution in [1.29, 1.82) is 0 Å². The van der Waals surface area contributed by atoms with Crippen LogP contribution in [0.5, 0.6) is 0 Å². The lowest BCUT2D eigenvalue weighted by Crippen LogP contribution is -2.12. The molecule has 0 saturated carbocycles. The molecule has 0 aromatic carbocycles. The number of hydrogen-bond acceptors (Lipinski definition) is 4. The average Bonchev–Trinajstić information content (AvgIpc) is 2.64. The number of nitrogens with zero attached hydrogens (tertiary/aromatic N) is 2. The molecule has 0 unspecified atom stereocenters. The van der Waals surface area contributed by atoms with Crippen molar-refractivity contribution in [3.05, 3.63) is 45.9 Å². The van der Waals surface area contributed by atoms with Gasteiger partial charge in [0.25, 0.3) is 0 Å². The van der Waals surface area contributed by atoms with Crippen molar-refractivity contribution in [2.45, 2.75) is 20.0 Å². The van der Waals surface area contributed by atoms with Crippen molar-refractivity contribution in [2.75, 3.05) is 0 Å². The predicted molar refractivity (Wildman–Crippen MR) is 61.6 cm³/mol. The average molecular weight is 237 g/mol. The number of hydrogen-bond donors (Lipinski definition) is 1. The Morgan fingerprint density at radius 3 is 2.88 bits per heavy atom. The molecule has 2 heterocycles. The molecule has 0 aliphatic carbocycles. The lowest BCUT2D eigenvalue weighted by atomic mass is 10.3. The quantitative estimate of drug-likeness (QED) is 0.886. The van der Waals surface area contributed by atoms with Crippen molar-refractivity contribution in [1.82, 2.24) is 15.3 Å². The first-order chi connectivity index (χ1) is 7.74. The highest BCUT2D eigenvalue weighted by atomic mass is 32.1. The molecule has 0 aliphatic rings. The highest BCUT2D eigenvalue weighted by molar-refractivity contribution is 7.11. The van der Waals surface area contributed by atoms with E-state index in [4.69, 9.17) is 0 Å². The van der Waals surface area contributed by atoms with Crippen molar-refractivity contribution in [3.8, 4) is 0 Å². The molecule has 0 saturated heterocycles. The van der Waals surface area contributed by atoms with Gasteiger partial charge in [0, 0.05) is 30.4 Å². The summed E-state index contributed by atoms with van der Waals surface area (Å²) in [5, 5.41) is 4.28. The van der Waals surface area contributed by atoms with E-state index in [2.05, 4.69) is 15.3 Å². The van der Waals surface area contributed by atoms with Gasteiger partial charge in [0.2, 0.25) is 0 Å². The first-order valence-electron chi connectivity index (χ1n) is 4.95. The van der Waals surface area contributed by atoms with Crippen molar-refractivity contribution in [2.24, 2.45) is 0 Å². The van der Waals surface area contributed by atoms with Crippen LogP contribution in [0.4, 0.5) is 4.39 Å². The summed E-state index contributed by atoms with van der Waals surface area (Å²) in [6.45, 7) is 3.34. The predicted octanol–water partition coefficient (Wildman–Crippen LogP) is 2.28. The van der Waals surface area contributed by atoms with Gasteiger partial charge in [-0.05, 0) is 18.6 Å². The van der Waals surface area contributed by atoms with Gasteiger partial charge in [0.1, 0.15) is 5.82 Å². The fourth-order valence-corrected chi connectivity index (χ4v) is 2.13. The minimum absolute atomic E-state index is 0.298. The lowest BCUT2D eigenvalue weighted by molar-refractivity contribution is 0.613. The monoisotopic (exact) mass is 237 g/mol. The second-order valence-electron chi connectivity index (χ2n) is 3.46. The van der Waals surface area contributed by atoms with Gasteiger partial charge in [-0.1, -0.05) is 0 Å². The summed E-state index contributed by atoms with van der Waals surface area (Å²) in [5.74, 6) is -0.298. The summed E-state index contributed by atoms with van der Waals surface area (Å²) in [4.78, 5) is 9.13. The molecule has 2 aromatic rings. The van der Waals surface area contributed by atoms with Crippen LogP contribution in [0.1, 0.15) is 15.4 Å². The van der Waals surface area contributed by atoms with E-state index in [0.29, 0.717) is 6.54 Å². The number of thiazole rings is 1. The number of pyridine rings is 1. The van der Waals surface area contributed by atoms with E-state index in [9.17, 15) is 4.39 Å². The fraction of sp³-hybridized carbons (Fsp3) is 0.273. The van der Waals surface area contributed by atoms with Crippen LogP contribution in [-0.2, 0) is 13.1 Å². The van der Waals surface area contributed by atoms with Gasteiger partial charge in [0.15, 0.2) is 0 Å². The van der Waals surface area contributed by atoms with Crippen LogP contribution in [0.15, 0.2) is 24.7 Å². The Morgan fingerprint density at radius 1 is 1.31 bits per heavy atom.